The van der Waals surface area contributed by atoms with Gasteiger partial charge in [-0.15, -0.1) is 0 Å². The maximum absolute atomic E-state index is 13.1. The largest absolute Gasteiger partial charge is 0.497 e. The Kier molecular flexibility index (Phi) is 6.21. The molecule has 1 saturated heterocycles. The van der Waals surface area contributed by atoms with Crippen molar-refractivity contribution in [3.05, 3.63) is 90.4 Å². The van der Waals surface area contributed by atoms with E-state index in [0.29, 0.717) is 6.54 Å². The number of benzene rings is 2. The summed E-state index contributed by atoms with van der Waals surface area (Å²) in [5, 5.41) is 3.16. The van der Waals surface area contributed by atoms with E-state index in [4.69, 9.17) is 9.72 Å². The van der Waals surface area contributed by atoms with Crippen LogP contribution in [0.3, 0.4) is 0 Å². The van der Waals surface area contributed by atoms with Crippen molar-refractivity contribution in [1.29, 1.82) is 0 Å². The molecule has 4 aromatic rings. The number of rotatable bonds is 5. The van der Waals surface area contributed by atoms with Gasteiger partial charge in [-0.2, -0.15) is 0 Å². The van der Waals surface area contributed by atoms with E-state index in [0.717, 1.165) is 53.3 Å². The number of urea groups is 1. The van der Waals surface area contributed by atoms with Gasteiger partial charge in [0.05, 0.1) is 24.4 Å². The minimum absolute atomic E-state index is 0.0186. The van der Waals surface area contributed by atoms with E-state index >= 15 is 0 Å². The van der Waals surface area contributed by atoms with E-state index < -0.39 is 0 Å². The molecular weight excluding hydrogens is 424 g/mol. The fourth-order valence-electron chi connectivity index (χ4n) is 4.81. The summed E-state index contributed by atoms with van der Waals surface area (Å²) in [6, 6.07) is 24.2. The Bertz CT molecular complexity index is 1280. The number of nitrogens with one attached hydrogen (secondary N) is 1. The zero-order valence-corrected chi connectivity index (χ0v) is 19.6. The first kappa shape index (κ1) is 22.0. The number of carbonyl (C=O) groups is 1. The number of nitrogens with zero attached hydrogens (tertiary/aromatic N) is 3. The molecule has 34 heavy (non-hydrogen) atoms. The second-order valence-electron chi connectivity index (χ2n) is 8.87. The van der Waals surface area contributed by atoms with E-state index in [1.165, 1.54) is 0 Å². The molecule has 2 amide bonds. The number of ether oxygens (including phenoxy) is 1. The average Bonchev–Trinajstić information content (AvgIpc) is 3.29. The van der Waals surface area contributed by atoms with Gasteiger partial charge in [-0.1, -0.05) is 48.5 Å². The molecule has 1 fully saturated rings. The minimum Gasteiger partial charge on any atom is -0.497 e. The van der Waals surface area contributed by atoms with Crippen molar-refractivity contribution in [2.45, 2.75) is 31.7 Å². The molecule has 6 heteroatoms. The van der Waals surface area contributed by atoms with Crippen LogP contribution in [0.15, 0.2) is 79.0 Å². The summed E-state index contributed by atoms with van der Waals surface area (Å²) in [6.07, 6.45) is 4.02. The van der Waals surface area contributed by atoms with Gasteiger partial charge >= 0.3 is 6.03 Å². The molecule has 0 radical (unpaired) electrons. The fourth-order valence-corrected chi connectivity index (χ4v) is 4.81. The van der Waals surface area contributed by atoms with E-state index in [1.807, 2.05) is 72.5 Å². The van der Waals surface area contributed by atoms with Crippen molar-refractivity contribution in [3.63, 3.8) is 0 Å². The number of methoxy groups -OCH3 is 1. The number of likely N-dealkylation sites (tertiary alicyclic amines) is 1. The highest BCUT2D eigenvalue weighted by Gasteiger charge is 2.29. The normalized spacial score (nSPS) is 16.9. The molecule has 1 aliphatic rings. The monoisotopic (exact) mass is 454 g/mol. The van der Waals surface area contributed by atoms with Crippen LogP contribution in [0.5, 0.6) is 5.75 Å². The molecule has 0 saturated carbocycles. The Morgan fingerprint density at radius 3 is 2.74 bits per heavy atom. The Morgan fingerprint density at radius 1 is 1.09 bits per heavy atom. The number of amides is 2. The van der Waals surface area contributed by atoms with Crippen LogP contribution in [-0.4, -0.2) is 40.5 Å². The Morgan fingerprint density at radius 2 is 1.91 bits per heavy atom. The lowest BCUT2D eigenvalue weighted by molar-refractivity contribution is 0.175. The Hall–Kier alpha value is -3.80. The molecule has 2 aromatic carbocycles. The lowest BCUT2D eigenvalue weighted by Crippen LogP contribution is -2.45. The zero-order chi connectivity index (χ0) is 23.5. The van der Waals surface area contributed by atoms with Crippen LogP contribution in [0.1, 0.15) is 43.1 Å². The number of fused-ring (bicyclic) bond motifs is 1. The Labute approximate surface area is 200 Å². The quantitative estimate of drug-likeness (QED) is 0.423. The van der Waals surface area contributed by atoms with Crippen molar-refractivity contribution in [3.8, 4) is 17.0 Å². The molecule has 6 nitrogen and oxygen atoms in total. The van der Waals surface area contributed by atoms with Crippen LogP contribution in [0.2, 0.25) is 0 Å². The molecule has 2 unspecified atom stereocenters. The number of hydrogen-bond acceptors (Lipinski definition) is 3. The fraction of sp³-hybridized carbons (Fsp3) is 0.286. The first-order valence-corrected chi connectivity index (χ1v) is 11.9. The van der Waals surface area contributed by atoms with Gasteiger partial charge in [-0.3, -0.25) is 0 Å². The molecule has 0 aliphatic carbocycles. The van der Waals surface area contributed by atoms with Gasteiger partial charge in [0, 0.05) is 30.8 Å². The molecule has 1 aliphatic heterocycles. The van der Waals surface area contributed by atoms with E-state index in [1.54, 1.807) is 7.11 Å². The number of carbonyl (C=O) groups excluding carboxylic acids is 1. The second-order valence-corrected chi connectivity index (χ2v) is 8.87. The van der Waals surface area contributed by atoms with Crippen molar-refractivity contribution in [1.82, 2.24) is 19.6 Å². The lowest BCUT2D eigenvalue weighted by Gasteiger charge is -2.33. The predicted molar refractivity (Wildman–Crippen MR) is 134 cm³/mol. The SMILES string of the molecule is COc1cccc(-c2nc(C3CCCN(C(=O)NC(C)c4ccccc4)C3)n3ccccc23)c1. The summed E-state index contributed by atoms with van der Waals surface area (Å²) in [5.41, 5.74) is 4.13. The number of pyridine rings is 1. The molecule has 5 rings (SSSR count). The van der Waals surface area contributed by atoms with E-state index in [9.17, 15) is 4.79 Å². The molecule has 0 bridgehead atoms. The van der Waals surface area contributed by atoms with Gasteiger partial charge in [-0.05, 0) is 49.6 Å². The van der Waals surface area contributed by atoms with Crippen LogP contribution in [0.25, 0.3) is 16.8 Å². The standard InChI is InChI=1S/C28H30N4O2/c1-20(21-10-4-3-5-11-21)29-28(33)31-16-9-13-23(19-31)27-30-26(25-15-6-7-17-32(25)27)22-12-8-14-24(18-22)34-2/h3-8,10-12,14-15,17-18,20,23H,9,13,16,19H2,1-2H3,(H,29,33). The van der Waals surface area contributed by atoms with Crippen molar-refractivity contribution in [2.24, 2.45) is 0 Å². The third-order valence-electron chi connectivity index (χ3n) is 6.63. The average molecular weight is 455 g/mol. The number of aromatic nitrogens is 2. The van der Waals surface area contributed by atoms with Gasteiger partial charge in [0.1, 0.15) is 11.6 Å². The minimum atomic E-state index is -0.0407. The Balaban J connectivity index is 1.40. The van der Waals surface area contributed by atoms with E-state index in [-0.39, 0.29) is 18.0 Å². The number of imidazole rings is 1. The third kappa shape index (κ3) is 4.36. The van der Waals surface area contributed by atoms with Gasteiger partial charge < -0.3 is 19.4 Å². The summed E-state index contributed by atoms with van der Waals surface area (Å²) < 4.78 is 7.60. The van der Waals surface area contributed by atoms with Gasteiger partial charge in [-0.25, -0.2) is 9.78 Å². The summed E-state index contributed by atoms with van der Waals surface area (Å²) in [6.45, 7) is 3.44. The molecule has 1 N–H and O–H groups in total. The lowest BCUT2D eigenvalue weighted by atomic mass is 9.97. The third-order valence-corrected chi connectivity index (χ3v) is 6.63. The van der Waals surface area contributed by atoms with Crippen molar-refractivity contribution < 1.29 is 9.53 Å². The first-order valence-electron chi connectivity index (χ1n) is 11.9. The van der Waals surface area contributed by atoms with Crippen LogP contribution >= 0.6 is 0 Å². The molecule has 174 valence electrons. The number of hydrogen-bond donors (Lipinski definition) is 1. The summed E-state index contributed by atoms with van der Waals surface area (Å²) >= 11 is 0. The van der Waals surface area contributed by atoms with Crippen molar-refractivity contribution in [2.75, 3.05) is 20.2 Å². The highest BCUT2D eigenvalue weighted by molar-refractivity contribution is 5.79. The van der Waals surface area contributed by atoms with Gasteiger partial charge in [0.15, 0.2) is 0 Å². The number of piperidine rings is 1. The van der Waals surface area contributed by atoms with Crippen LogP contribution in [-0.2, 0) is 0 Å². The summed E-state index contributed by atoms with van der Waals surface area (Å²) in [5.74, 6) is 1.98. The second kappa shape index (κ2) is 9.59. The van der Waals surface area contributed by atoms with Crippen LogP contribution < -0.4 is 10.1 Å². The highest BCUT2D eigenvalue weighted by atomic mass is 16.5. The van der Waals surface area contributed by atoms with Gasteiger partial charge in [0.25, 0.3) is 0 Å². The predicted octanol–water partition coefficient (Wildman–Crippen LogP) is 5.66. The molecule has 3 heterocycles. The van der Waals surface area contributed by atoms with Crippen LogP contribution in [0.4, 0.5) is 4.79 Å². The van der Waals surface area contributed by atoms with Gasteiger partial charge in [0.2, 0.25) is 0 Å². The topological polar surface area (TPSA) is 58.9 Å². The van der Waals surface area contributed by atoms with E-state index in [2.05, 4.69) is 28.0 Å². The smallest absolute Gasteiger partial charge is 0.317 e. The molecule has 2 aromatic heterocycles. The molecule has 2 atom stereocenters. The molecular formula is C28H30N4O2. The molecule has 0 spiro atoms. The maximum atomic E-state index is 13.1. The zero-order valence-electron chi connectivity index (χ0n) is 19.6. The summed E-state index contributed by atoms with van der Waals surface area (Å²) in [4.78, 5) is 20.1. The highest BCUT2D eigenvalue weighted by Crippen LogP contribution is 2.33. The summed E-state index contributed by atoms with van der Waals surface area (Å²) in [7, 11) is 1.68. The first-order chi connectivity index (χ1) is 16.6. The maximum Gasteiger partial charge on any atom is 0.317 e. The van der Waals surface area contributed by atoms with Crippen molar-refractivity contribution >= 4 is 11.5 Å². The van der Waals surface area contributed by atoms with Crippen LogP contribution in [0, 0.1) is 0 Å².